The number of aryl methyl sites for hydroxylation is 4. The first-order valence-corrected chi connectivity index (χ1v) is 10.7. The van der Waals surface area contributed by atoms with Crippen molar-refractivity contribution in [1.82, 2.24) is 23.8 Å². The third-order valence-electron chi connectivity index (χ3n) is 5.82. The van der Waals surface area contributed by atoms with Crippen molar-refractivity contribution in [3.05, 3.63) is 87.6 Å². The molecule has 0 aliphatic heterocycles. The monoisotopic (exact) mass is 440 g/mol. The molecule has 2 aromatic carbocycles. The van der Waals surface area contributed by atoms with E-state index in [0.717, 1.165) is 39.2 Å². The molecule has 3 heterocycles. The van der Waals surface area contributed by atoms with Crippen molar-refractivity contribution in [3.8, 4) is 11.3 Å². The Morgan fingerprint density at radius 2 is 1.64 bits per heavy atom. The highest BCUT2D eigenvalue weighted by atomic mass is 16.2. The lowest BCUT2D eigenvalue weighted by Crippen LogP contribution is -2.28. The van der Waals surface area contributed by atoms with Gasteiger partial charge in [0, 0.05) is 23.6 Å². The summed E-state index contributed by atoms with van der Waals surface area (Å²) < 4.78 is 4.33. The minimum Gasteiger partial charge on any atom is -0.324 e. The van der Waals surface area contributed by atoms with E-state index in [4.69, 9.17) is 0 Å². The van der Waals surface area contributed by atoms with Crippen LogP contribution in [0.15, 0.2) is 59.7 Å². The van der Waals surface area contributed by atoms with Crippen LogP contribution in [0.3, 0.4) is 0 Å². The van der Waals surface area contributed by atoms with Crippen LogP contribution in [0.1, 0.15) is 22.3 Å². The van der Waals surface area contributed by atoms with Crippen LogP contribution in [0.25, 0.3) is 22.4 Å². The van der Waals surface area contributed by atoms with Crippen LogP contribution < -0.4 is 11.0 Å². The second-order valence-electron chi connectivity index (χ2n) is 8.48. The molecule has 0 aliphatic rings. The molecule has 1 amide bonds. The molecular formula is C25H24N6O2. The van der Waals surface area contributed by atoms with Gasteiger partial charge in [0.1, 0.15) is 12.1 Å². The van der Waals surface area contributed by atoms with Gasteiger partial charge in [-0.1, -0.05) is 29.8 Å². The number of hydrogen-bond acceptors (Lipinski definition) is 4. The fraction of sp³-hybridized carbons (Fsp3) is 0.200. The zero-order chi connectivity index (χ0) is 23.3. The molecule has 8 heteroatoms. The molecule has 166 valence electrons. The van der Waals surface area contributed by atoms with Gasteiger partial charge in [-0.05, 0) is 62.6 Å². The lowest BCUT2D eigenvalue weighted by molar-refractivity contribution is -0.117. The van der Waals surface area contributed by atoms with Gasteiger partial charge in [-0.3, -0.25) is 4.79 Å². The Bertz CT molecular complexity index is 1610. The molecule has 0 aliphatic carbocycles. The normalized spacial score (nSPS) is 11.4. The van der Waals surface area contributed by atoms with E-state index in [1.54, 1.807) is 16.9 Å². The molecule has 0 radical (unpaired) electrons. The number of fused-ring (bicyclic) bond motifs is 3. The topological polar surface area (TPSA) is 85.7 Å². The van der Waals surface area contributed by atoms with Crippen molar-refractivity contribution >= 4 is 22.8 Å². The second-order valence-corrected chi connectivity index (χ2v) is 8.48. The average Bonchev–Trinajstić information content (AvgIpc) is 3.34. The molecule has 0 bridgehead atoms. The SMILES string of the molecule is Cc1ccc(C)c(NC(=O)Cn2nc3c4cc(-c5cc(C)ccc5C)nn4ccn3c2=O)c1. The number of carbonyl (C=O) groups is 1. The van der Waals surface area contributed by atoms with E-state index in [9.17, 15) is 9.59 Å². The zero-order valence-corrected chi connectivity index (χ0v) is 19.0. The van der Waals surface area contributed by atoms with E-state index < -0.39 is 0 Å². The van der Waals surface area contributed by atoms with E-state index in [2.05, 4.69) is 33.7 Å². The van der Waals surface area contributed by atoms with E-state index in [-0.39, 0.29) is 18.1 Å². The van der Waals surface area contributed by atoms with E-state index in [1.807, 2.05) is 52.0 Å². The van der Waals surface area contributed by atoms with Gasteiger partial charge in [-0.2, -0.15) is 5.10 Å². The van der Waals surface area contributed by atoms with Gasteiger partial charge < -0.3 is 5.32 Å². The lowest BCUT2D eigenvalue weighted by atomic mass is 10.0. The Hall–Kier alpha value is -4.20. The number of aromatic nitrogens is 5. The largest absolute Gasteiger partial charge is 0.350 e. The predicted molar refractivity (Wildman–Crippen MR) is 128 cm³/mol. The molecular weight excluding hydrogens is 416 g/mol. The van der Waals surface area contributed by atoms with Crippen molar-refractivity contribution in [2.75, 3.05) is 5.32 Å². The van der Waals surface area contributed by atoms with Gasteiger partial charge in [0.25, 0.3) is 0 Å². The molecule has 0 spiro atoms. The first kappa shape index (κ1) is 20.7. The number of benzene rings is 2. The molecule has 5 aromatic rings. The summed E-state index contributed by atoms with van der Waals surface area (Å²) in [6.45, 7) is 7.79. The Balaban J connectivity index is 1.51. The highest BCUT2D eigenvalue weighted by Crippen LogP contribution is 2.25. The Labute approximate surface area is 190 Å². The highest BCUT2D eigenvalue weighted by molar-refractivity contribution is 5.91. The van der Waals surface area contributed by atoms with Crippen molar-refractivity contribution in [2.24, 2.45) is 0 Å². The maximum Gasteiger partial charge on any atom is 0.350 e. The molecule has 8 nitrogen and oxygen atoms in total. The minimum absolute atomic E-state index is 0.183. The molecule has 33 heavy (non-hydrogen) atoms. The summed E-state index contributed by atoms with van der Waals surface area (Å²) in [6, 6.07) is 14.0. The Kier molecular flexibility index (Phi) is 4.85. The van der Waals surface area contributed by atoms with Crippen molar-refractivity contribution in [3.63, 3.8) is 0 Å². The molecule has 0 atom stereocenters. The fourth-order valence-electron chi connectivity index (χ4n) is 3.98. The predicted octanol–water partition coefficient (Wildman–Crippen LogP) is 3.68. The number of rotatable bonds is 4. The molecule has 0 fully saturated rings. The summed E-state index contributed by atoms with van der Waals surface area (Å²) in [5.41, 5.74) is 7.60. The minimum atomic E-state index is -0.377. The van der Waals surface area contributed by atoms with E-state index in [1.165, 1.54) is 9.08 Å². The van der Waals surface area contributed by atoms with Crippen LogP contribution >= 0.6 is 0 Å². The summed E-state index contributed by atoms with van der Waals surface area (Å²) in [7, 11) is 0. The highest BCUT2D eigenvalue weighted by Gasteiger charge is 2.16. The molecule has 0 saturated carbocycles. The summed E-state index contributed by atoms with van der Waals surface area (Å²) >= 11 is 0. The van der Waals surface area contributed by atoms with Crippen molar-refractivity contribution in [1.29, 1.82) is 0 Å². The molecule has 5 rings (SSSR count). The quantitative estimate of drug-likeness (QED) is 0.462. The van der Waals surface area contributed by atoms with Crippen LogP contribution in [0, 0.1) is 27.7 Å². The molecule has 1 N–H and O–H groups in total. The third kappa shape index (κ3) is 3.69. The first-order chi connectivity index (χ1) is 15.8. The van der Waals surface area contributed by atoms with Crippen LogP contribution in [0.5, 0.6) is 0 Å². The second kappa shape index (κ2) is 7.74. The number of hydrogen-bond donors (Lipinski definition) is 1. The van der Waals surface area contributed by atoms with Crippen LogP contribution in [0.2, 0.25) is 0 Å². The maximum atomic E-state index is 12.9. The van der Waals surface area contributed by atoms with Gasteiger partial charge in [-0.25, -0.2) is 18.4 Å². The lowest BCUT2D eigenvalue weighted by Gasteiger charge is -2.08. The van der Waals surface area contributed by atoms with Crippen molar-refractivity contribution in [2.45, 2.75) is 34.2 Å². The summed E-state index contributed by atoms with van der Waals surface area (Å²) in [4.78, 5) is 25.6. The van der Waals surface area contributed by atoms with Gasteiger partial charge in [0.15, 0.2) is 5.65 Å². The van der Waals surface area contributed by atoms with Crippen LogP contribution in [-0.2, 0) is 11.3 Å². The van der Waals surface area contributed by atoms with E-state index in [0.29, 0.717) is 11.2 Å². The maximum absolute atomic E-state index is 12.9. The smallest absolute Gasteiger partial charge is 0.324 e. The number of nitrogens with one attached hydrogen (secondary N) is 1. The third-order valence-corrected chi connectivity index (χ3v) is 5.82. The first-order valence-electron chi connectivity index (χ1n) is 10.7. The fourth-order valence-corrected chi connectivity index (χ4v) is 3.98. The van der Waals surface area contributed by atoms with Gasteiger partial charge in [0.2, 0.25) is 5.91 Å². The van der Waals surface area contributed by atoms with Gasteiger partial charge in [0.05, 0.1) is 5.69 Å². The Morgan fingerprint density at radius 3 is 2.42 bits per heavy atom. The molecule has 0 saturated heterocycles. The standard InChI is InChI=1S/C25H24N6O2/c1-15-5-7-17(3)19(11-15)21-13-22-24-28-31(25(33)29(24)9-10-30(22)27-21)14-23(32)26-20-12-16(2)6-8-18(20)4/h5-13H,14H2,1-4H3,(H,26,32). The summed E-state index contributed by atoms with van der Waals surface area (Å²) in [5.74, 6) is -0.310. The Morgan fingerprint density at radius 1 is 0.909 bits per heavy atom. The summed E-state index contributed by atoms with van der Waals surface area (Å²) in [5, 5.41) is 12.0. The van der Waals surface area contributed by atoms with E-state index >= 15 is 0 Å². The number of nitrogens with zero attached hydrogens (tertiary/aromatic N) is 5. The van der Waals surface area contributed by atoms with Crippen LogP contribution in [0.4, 0.5) is 5.69 Å². The summed E-state index contributed by atoms with van der Waals surface area (Å²) in [6.07, 6.45) is 3.34. The number of amides is 1. The number of carbonyl (C=O) groups excluding carboxylic acids is 1. The van der Waals surface area contributed by atoms with Crippen LogP contribution in [-0.4, -0.2) is 29.7 Å². The molecule has 3 aromatic heterocycles. The molecule has 0 unspecified atom stereocenters. The van der Waals surface area contributed by atoms with Gasteiger partial charge in [-0.15, -0.1) is 5.10 Å². The average molecular weight is 441 g/mol. The van der Waals surface area contributed by atoms with Crippen molar-refractivity contribution < 1.29 is 4.79 Å². The number of anilines is 1. The zero-order valence-electron chi connectivity index (χ0n) is 19.0. The van der Waals surface area contributed by atoms with Gasteiger partial charge >= 0.3 is 5.69 Å².